The van der Waals surface area contributed by atoms with Crippen molar-refractivity contribution in [3.8, 4) is 0 Å². The number of benzene rings is 2. The highest BCUT2D eigenvalue weighted by atomic mass is 19.1. The zero-order valence-corrected chi connectivity index (χ0v) is 18.8. The van der Waals surface area contributed by atoms with Gasteiger partial charge in [0.2, 0.25) is 0 Å². The van der Waals surface area contributed by atoms with Gasteiger partial charge in [0.05, 0.1) is 11.7 Å². The lowest BCUT2D eigenvalue weighted by Gasteiger charge is -2.40. The molecule has 2 N–H and O–H groups in total. The first kappa shape index (κ1) is 24.2. The molecule has 0 unspecified atom stereocenters. The summed E-state index contributed by atoms with van der Waals surface area (Å²) in [4.78, 5) is 33.2. The fourth-order valence-corrected chi connectivity index (χ4v) is 4.01. The monoisotopic (exact) mass is 483 g/mol. The average molecular weight is 483 g/mol. The molecule has 2 aromatic carbocycles. The Labute approximate surface area is 200 Å². The van der Waals surface area contributed by atoms with E-state index in [1.54, 1.807) is 30.6 Å². The second-order valence-electron chi connectivity index (χ2n) is 8.09. The van der Waals surface area contributed by atoms with Gasteiger partial charge in [-0.25, -0.2) is 13.2 Å². The number of anilines is 2. The number of hydrogen-bond acceptors (Lipinski definition) is 5. The Morgan fingerprint density at radius 2 is 1.63 bits per heavy atom. The van der Waals surface area contributed by atoms with Crippen molar-refractivity contribution in [2.24, 2.45) is 0 Å². The Bertz CT molecular complexity index is 1170. The molecular weight excluding hydrogens is 459 g/mol. The summed E-state index contributed by atoms with van der Waals surface area (Å²) in [5.74, 6) is -4.04. The number of hydrogen-bond donors (Lipinski definition) is 2. The van der Waals surface area contributed by atoms with Crippen molar-refractivity contribution in [1.29, 1.82) is 0 Å². The maximum atomic E-state index is 13.8. The van der Waals surface area contributed by atoms with Crippen molar-refractivity contribution in [2.45, 2.75) is 6.04 Å². The number of amides is 2. The average Bonchev–Trinajstić information content (AvgIpc) is 2.87. The van der Waals surface area contributed by atoms with Crippen molar-refractivity contribution in [3.05, 3.63) is 90.0 Å². The van der Waals surface area contributed by atoms with E-state index in [0.717, 1.165) is 23.4 Å². The van der Waals surface area contributed by atoms with Gasteiger partial charge in [-0.15, -0.1) is 0 Å². The van der Waals surface area contributed by atoms with E-state index in [1.165, 1.54) is 12.1 Å². The number of piperazine rings is 1. The lowest BCUT2D eigenvalue weighted by molar-refractivity contribution is -0.136. The fraction of sp³-hybridized carbons (Fsp3) is 0.240. The summed E-state index contributed by atoms with van der Waals surface area (Å²) in [6, 6.07) is 12.4. The van der Waals surface area contributed by atoms with Gasteiger partial charge in [-0.3, -0.25) is 19.5 Å². The highest BCUT2D eigenvalue weighted by Gasteiger charge is 2.27. The minimum absolute atomic E-state index is 0.125. The summed E-state index contributed by atoms with van der Waals surface area (Å²) in [6.45, 7) is 2.85. The molecule has 182 valence electrons. The molecule has 2 heterocycles. The molecule has 3 aromatic rings. The zero-order chi connectivity index (χ0) is 24.8. The molecule has 1 aromatic heterocycles. The van der Waals surface area contributed by atoms with Crippen LogP contribution in [0.25, 0.3) is 0 Å². The Kier molecular flexibility index (Phi) is 7.61. The minimum atomic E-state index is -1.05. The van der Waals surface area contributed by atoms with E-state index < -0.39 is 23.4 Å². The molecule has 1 aliphatic heterocycles. The number of aromatic nitrogens is 1. The third-order valence-electron chi connectivity index (χ3n) is 5.86. The molecule has 1 atom stereocenters. The first-order valence-corrected chi connectivity index (χ1v) is 11.1. The highest BCUT2D eigenvalue weighted by molar-refractivity contribution is 6.39. The van der Waals surface area contributed by atoms with Gasteiger partial charge in [-0.1, -0.05) is 6.07 Å². The molecule has 0 radical (unpaired) electrons. The summed E-state index contributed by atoms with van der Waals surface area (Å²) in [6.07, 6.45) is 3.35. The van der Waals surface area contributed by atoms with E-state index >= 15 is 0 Å². The molecule has 1 fully saturated rings. The number of nitrogens with one attached hydrogen (secondary N) is 2. The maximum Gasteiger partial charge on any atom is 0.313 e. The van der Waals surface area contributed by atoms with Crippen LogP contribution in [-0.4, -0.2) is 54.4 Å². The van der Waals surface area contributed by atoms with Gasteiger partial charge >= 0.3 is 11.8 Å². The lowest BCUT2D eigenvalue weighted by atomic mass is 10.1. The van der Waals surface area contributed by atoms with E-state index in [0.29, 0.717) is 32.2 Å². The Balaban J connectivity index is 1.39. The molecule has 0 aliphatic carbocycles. The van der Waals surface area contributed by atoms with Crippen LogP contribution in [0, 0.1) is 17.5 Å². The molecule has 1 saturated heterocycles. The van der Waals surface area contributed by atoms with Crippen LogP contribution >= 0.6 is 0 Å². The summed E-state index contributed by atoms with van der Waals surface area (Å²) in [7, 11) is 0. The number of carbonyl (C=O) groups is 2. The van der Waals surface area contributed by atoms with Gasteiger partial charge in [0, 0.05) is 56.9 Å². The molecule has 35 heavy (non-hydrogen) atoms. The number of pyridine rings is 1. The standard InChI is InChI=1S/C25H24F3N5O2/c26-18-3-6-20(7-4-18)32-10-12-33(13-11-32)23(17-2-1-9-29-15-17)16-30-24(34)25(35)31-22-8-5-19(27)14-21(22)28/h1-9,14-15,23H,10-13,16H2,(H,30,34)(H,31,35)/t23-/m0/s1. The van der Waals surface area contributed by atoms with E-state index in [-0.39, 0.29) is 24.1 Å². The van der Waals surface area contributed by atoms with Gasteiger partial charge in [0.15, 0.2) is 0 Å². The van der Waals surface area contributed by atoms with Crippen molar-refractivity contribution in [3.63, 3.8) is 0 Å². The van der Waals surface area contributed by atoms with Gasteiger partial charge in [-0.2, -0.15) is 0 Å². The molecule has 0 bridgehead atoms. The Hall–Kier alpha value is -3.92. The van der Waals surface area contributed by atoms with Gasteiger partial charge in [0.1, 0.15) is 17.5 Å². The van der Waals surface area contributed by atoms with E-state index in [1.807, 2.05) is 6.07 Å². The minimum Gasteiger partial charge on any atom is -0.369 e. The second kappa shape index (κ2) is 11.0. The summed E-state index contributed by atoms with van der Waals surface area (Å²) in [5.41, 5.74) is 1.52. The van der Waals surface area contributed by atoms with Crippen molar-refractivity contribution >= 4 is 23.2 Å². The number of halogens is 3. The Morgan fingerprint density at radius 1 is 0.914 bits per heavy atom. The number of carbonyl (C=O) groups excluding carboxylic acids is 2. The van der Waals surface area contributed by atoms with Crippen LogP contribution in [-0.2, 0) is 9.59 Å². The van der Waals surface area contributed by atoms with Gasteiger partial charge in [-0.05, 0) is 48.0 Å². The third-order valence-corrected chi connectivity index (χ3v) is 5.86. The van der Waals surface area contributed by atoms with E-state index in [2.05, 4.69) is 25.4 Å². The third kappa shape index (κ3) is 6.15. The summed E-state index contributed by atoms with van der Waals surface area (Å²) >= 11 is 0. The van der Waals surface area contributed by atoms with Crippen LogP contribution in [0.5, 0.6) is 0 Å². The lowest BCUT2D eigenvalue weighted by Crippen LogP contribution is -2.50. The highest BCUT2D eigenvalue weighted by Crippen LogP contribution is 2.24. The van der Waals surface area contributed by atoms with E-state index in [4.69, 9.17) is 0 Å². The zero-order valence-electron chi connectivity index (χ0n) is 18.8. The molecular formula is C25H24F3N5O2. The van der Waals surface area contributed by atoms with Crippen LogP contribution in [0.2, 0.25) is 0 Å². The van der Waals surface area contributed by atoms with Crippen LogP contribution in [0.15, 0.2) is 67.0 Å². The van der Waals surface area contributed by atoms with Crippen LogP contribution in [0.1, 0.15) is 11.6 Å². The van der Waals surface area contributed by atoms with Crippen LogP contribution < -0.4 is 15.5 Å². The molecule has 4 rings (SSSR count). The summed E-state index contributed by atoms with van der Waals surface area (Å²) in [5, 5.41) is 4.76. The largest absolute Gasteiger partial charge is 0.369 e. The molecule has 1 aliphatic rings. The van der Waals surface area contributed by atoms with Crippen molar-refractivity contribution in [1.82, 2.24) is 15.2 Å². The molecule has 0 spiro atoms. The van der Waals surface area contributed by atoms with Crippen LogP contribution in [0.3, 0.4) is 0 Å². The molecule has 7 nitrogen and oxygen atoms in total. The normalized spacial score (nSPS) is 14.9. The van der Waals surface area contributed by atoms with Crippen molar-refractivity contribution in [2.75, 3.05) is 42.9 Å². The SMILES string of the molecule is O=C(NC[C@@H](c1cccnc1)N1CCN(c2ccc(F)cc2)CC1)C(=O)Nc1ccc(F)cc1F. The first-order valence-electron chi connectivity index (χ1n) is 11.1. The predicted octanol–water partition coefficient (Wildman–Crippen LogP) is 3.12. The number of rotatable bonds is 6. The first-order chi connectivity index (χ1) is 16.9. The fourth-order valence-electron chi connectivity index (χ4n) is 4.01. The quantitative estimate of drug-likeness (QED) is 0.527. The smallest absolute Gasteiger partial charge is 0.313 e. The van der Waals surface area contributed by atoms with Crippen LogP contribution in [0.4, 0.5) is 24.5 Å². The number of nitrogens with zero attached hydrogens (tertiary/aromatic N) is 3. The summed E-state index contributed by atoms with van der Waals surface area (Å²) < 4.78 is 40.1. The maximum absolute atomic E-state index is 13.8. The molecule has 10 heteroatoms. The predicted molar refractivity (Wildman–Crippen MR) is 125 cm³/mol. The van der Waals surface area contributed by atoms with Gasteiger partial charge < -0.3 is 15.5 Å². The van der Waals surface area contributed by atoms with Crippen molar-refractivity contribution < 1.29 is 22.8 Å². The van der Waals surface area contributed by atoms with E-state index in [9.17, 15) is 22.8 Å². The van der Waals surface area contributed by atoms with Gasteiger partial charge in [0.25, 0.3) is 0 Å². The molecule has 2 amide bonds. The topological polar surface area (TPSA) is 77.6 Å². The second-order valence-corrected chi connectivity index (χ2v) is 8.09. The molecule has 0 saturated carbocycles. The Morgan fingerprint density at radius 3 is 2.29 bits per heavy atom.